The summed E-state index contributed by atoms with van der Waals surface area (Å²) in [6.45, 7) is 0. The third-order valence-corrected chi connectivity index (χ3v) is 4.91. The van der Waals surface area contributed by atoms with Gasteiger partial charge in [-0.15, -0.1) is 0 Å². The summed E-state index contributed by atoms with van der Waals surface area (Å²) in [6, 6.07) is 5.36. The van der Waals surface area contributed by atoms with E-state index in [1.807, 2.05) is 6.07 Å². The lowest BCUT2D eigenvalue weighted by atomic mass is 10.1. The second-order valence-corrected chi connectivity index (χ2v) is 6.35. The summed E-state index contributed by atoms with van der Waals surface area (Å²) in [4.78, 5) is 12.3. The van der Waals surface area contributed by atoms with Crippen molar-refractivity contribution in [1.29, 1.82) is 0 Å². The molecule has 0 heterocycles. The first-order valence-electron chi connectivity index (χ1n) is 7.60. The van der Waals surface area contributed by atoms with E-state index in [2.05, 4.69) is 10.6 Å². The molecule has 3 saturated carbocycles. The second-order valence-electron chi connectivity index (χ2n) is 6.35. The first kappa shape index (κ1) is 12.2. The second kappa shape index (κ2) is 4.47. The van der Waals surface area contributed by atoms with Crippen molar-refractivity contribution in [3.63, 3.8) is 0 Å². The lowest BCUT2D eigenvalue weighted by molar-refractivity contribution is -0.118. The summed E-state index contributed by atoms with van der Waals surface area (Å²) in [5, 5.41) is 6.11. The van der Waals surface area contributed by atoms with E-state index in [1.165, 1.54) is 12.5 Å². The van der Waals surface area contributed by atoms with Gasteiger partial charge in [0.15, 0.2) is 0 Å². The number of nitrogens with one attached hydrogen (secondary N) is 2. The minimum atomic E-state index is -0.352. The summed E-state index contributed by atoms with van der Waals surface area (Å²) in [5.41, 5.74) is 1.04. The van der Waals surface area contributed by atoms with Crippen molar-refractivity contribution in [2.75, 3.05) is 10.6 Å². The maximum Gasteiger partial charge on any atom is 0.228 e. The molecule has 1 amide bonds. The molecule has 0 radical (unpaired) electrons. The number of carbonyl (C=O) groups is 1. The van der Waals surface area contributed by atoms with Crippen LogP contribution in [0.1, 0.15) is 32.1 Å². The van der Waals surface area contributed by atoms with Gasteiger partial charge in [0.25, 0.3) is 0 Å². The van der Waals surface area contributed by atoms with Crippen molar-refractivity contribution < 1.29 is 9.18 Å². The lowest BCUT2D eigenvalue weighted by Gasteiger charge is -2.14. The number of halogens is 1. The van der Waals surface area contributed by atoms with Crippen LogP contribution in [0.25, 0.3) is 0 Å². The van der Waals surface area contributed by atoms with Crippen LogP contribution < -0.4 is 10.6 Å². The highest BCUT2D eigenvalue weighted by Gasteiger charge is 2.56. The van der Waals surface area contributed by atoms with E-state index < -0.39 is 0 Å². The third kappa shape index (κ3) is 2.07. The molecule has 0 spiro atoms. The van der Waals surface area contributed by atoms with Crippen LogP contribution in [-0.2, 0) is 4.79 Å². The van der Waals surface area contributed by atoms with E-state index in [0.717, 1.165) is 25.7 Å². The van der Waals surface area contributed by atoms with Crippen molar-refractivity contribution in [2.24, 2.45) is 17.8 Å². The van der Waals surface area contributed by atoms with E-state index >= 15 is 0 Å². The highest BCUT2D eigenvalue weighted by atomic mass is 19.1. The summed E-state index contributed by atoms with van der Waals surface area (Å²) < 4.78 is 14.0. The average molecular weight is 274 g/mol. The van der Waals surface area contributed by atoms with Crippen molar-refractivity contribution >= 4 is 17.3 Å². The van der Waals surface area contributed by atoms with Crippen molar-refractivity contribution in [2.45, 2.75) is 38.1 Å². The fourth-order valence-electron chi connectivity index (χ4n) is 3.64. The van der Waals surface area contributed by atoms with Crippen LogP contribution >= 0.6 is 0 Å². The van der Waals surface area contributed by atoms with Crippen LogP contribution in [0.4, 0.5) is 15.8 Å². The van der Waals surface area contributed by atoms with Gasteiger partial charge in [0, 0.05) is 12.0 Å². The van der Waals surface area contributed by atoms with Crippen LogP contribution in [0.3, 0.4) is 0 Å². The van der Waals surface area contributed by atoms with Crippen molar-refractivity contribution in [3.05, 3.63) is 24.0 Å². The Hall–Kier alpha value is -1.58. The monoisotopic (exact) mass is 274 g/mol. The zero-order chi connectivity index (χ0) is 13.7. The highest BCUT2D eigenvalue weighted by molar-refractivity contribution is 5.97. The van der Waals surface area contributed by atoms with Gasteiger partial charge in [-0.05, 0) is 49.7 Å². The molecule has 0 aliphatic heterocycles. The molecule has 20 heavy (non-hydrogen) atoms. The quantitative estimate of drug-likeness (QED) is 0.883. The van der Waals surface area contributed by atoms with Gasteiger partial charge in [-0.1, -0.05) is 12.5 Å². The van der Waals surface area contributed by atoms with E-state index in [4.69, 9.17) is 0 Å². The van der Waals surface area contributed by atoms with Gasteiger partial charge in [-0.2, -0.15) is 0 Å². The van der Waals surface area contributed by atoms with Gasteiger partial charge in [0.1, 0.15) is 11.5 Å². The fourth-order valence-corrected chi connectivity index (χ4v) is 3.64. The molecule has 2 N–H and O–H groups in total. The van der Waals surface area contributed by atoms with Gasteiger partial charge >= 0.3 is 0 Å². The topological polar surface area (TPSA) is 41.1 Å². The number of fused-ring (bicyclic) bond motifs is 1. The zero-order valence-electron chi connectivity index (χ0n) is 11.4. The molecule has 3 fully saturated rings. The normalized spacial score (nSPS) is 30.8. The largest absolute Gasteiger partial charge is 0.381 e. The molecule has 3 aliphatic rings. The molecule has 4 heteroatoms. The number of rotatable bonds is 4. The molecule has 1 aromatic rings. The molecule has 106 valence electrons. The highest BCUT2D eigenvalue weighted by Crippen LogP contribution is 2.57. The molecule has 0 bridgehead atoms. The Kier molecular flexibility index (Phi) is 2.72. The molecule has 3 aliphatic carbocycles. The van der Waals surface area contributed by atoms with Gasteiger partial charge in [-0.25, -0.2) is 4.39 Å². The van der Waals surface area contributed by atoms with Gasteiger partial charge in [-0.3, -0.25) is 4.79 Å². The molecule has 0 saturated heterocycles. The molecule has 0 unspecified atom stereocenters. The van der Waals surface area contributed by atoms with Crippen LogP contribution in [0.5, 0.6) is 0 Å². The molecule has 3 nitrogen and oxygen atoms in total. The van der Waals surface area contributed by atoms with Crippen LogP contribution in [0.2, 0.25) is 0 Å². The SMILES string of the molecule is O=C(Nc1c(F)cccc1NC1CC1)C1[C@H]2CCC[C@H]12. The van der Waals surface area contributed by atoms with E-state index in [-0.39, 0.29) is 17.6 Å². The Morgan fingerprint density at radius 3 is 2.60 bits per heavy atom. The Morgan fingerprint density at radius 1 is 1.15 bits per heavy atom. The number of anilines is 2. The maximum absolute atomic E-state index is 14.0. The predicted molar refractivity (Wildman–Crippen MR) is 76.0 cm³/mol. The Morgan fingerprint density at radius 2 is 1.90 bits per heavy atom. The van der Waals surface area contributed by atoms with Crippen LogP contribution in [0.15, 0.2) is 18.2 Å². The molecule has 0 aromatic heterocycles. The average Bonchev–Trinajstić information content (AvgIpc) is 3.33. The van der Waals surface area contributed by atoms with Gasteiger partial charge < -0.3 is 10.6 Å². The minimum absolute atomic E-state index is 0.00338. The predicted octanol–water partition coefficient (Wildman–Crippen LogP) is 3.38. The summed E-state index contributed by atoms with van der Waals surface area (Å²) in [6.07, 6.45) is 5.81. The molecule has 4 rings (SSSR count). The first-order chi connectivity index (χ1) is 9.74. The summed E-state index contributed by atoms with van der Waals surface area (Å²) in [5.74, 6) is 0.888. The molecular weight excluding hydrogens is 255 g/mol. The smallest absolute Gasteiger partial charge is 0.228 e. The zero-order valence-corrected chi connectivity index (χ0v) is 11.4. The first-order valence-corrected chi connectivity index (χ1v) is 7.60. The minimum Gasteiger partial charge on any atom is -0.381 e. The molecule has 1 aromatic carbocycles. The fraction of sp³-hybridized carbons (Fsp3) is 0.562. The van der Waals surface area contributed by atoms with E-state index in [0.29, 0.717) is 29.3 Å². The number of amides is 1. The summed E-state index contributed by atoms with van der Waals surface area (Å²) >= 11 is 0. The number of hydrogen-bond acceptors (Lipinski definition) is 2. The third-order valence-electron chi connectivity index (χ3n) is 4.91. The Labute approximate surface area is 117 Å². The van der Waals surface area contributed by atoms with Gasteiger partial charge in [0.05, 0.1) is 5.69 Å². The summed E-state index contributed by atoms with van der Waals surface area (Å²) in [7, 11) is 0. The number of hydrogen-bond donors (Lipinski definition) is 2. The van der Waals surface area contributed by atoms with Gasteiger partial charge in [0.2, 0.25) is 5.91 Å². The Balaban J connectivity index is 1.51. The van der Waals surface area contributed by atoms with Crippen LogP contribution in [-0.4, -0.2) is 11.9 Å². The van der Waals surface area contributed by atoms with E-state index in [9.17, 15) is 9.18 Å². The molecule has 2 atom stereocenters. The van der Waals surface area contributed by atoms with Crippen molar-refractivity contribution in [1.82, 2.24) is 0 Å². The number of para-hydroxylation sites is 1. The Bertz CT molecular complexity index is 545. The van der Waals surface area contributed by atoms with E-state index in [1.54, 1.807) is 6.07 Å². The lowest BCUT2D eigenvalue weighted by Crippen LogP contribution is -2.19. The number of carbonyl (C=O) groups excluding carboxylic acids is 1. The van der Waals surface area contributed by atoms with Crippen LogP contribution in [0, 0.1) is 23.6 Å². The number of benzene rings is 1. The molecular formula is C16H19FN2O. The standard InChI is InChI=1S/C16H19FN2O/c17-12-5-2-6-13(18-9-7-8-9)15(12)19-16(20)14-10-3-1-4-11(10)14/h2,5-6,9-11,14,18H,1,3-4,7-8H2,(H,19,20)/t10-,11-/m0/s1. The van der Waals surface area contributed by atoms with Crippen molar-refractivity contribution in [3.8, 4) is 0 Å². The maximum atomic E-state index is 14.0.